The molecule has 1 N–H and O–H groups in total. The van der Waals surface area contributed by atoms with Gasteiger partial charge in [-0.15, -0.1) is 0 Å². The maximum Gasteiger partial charge on any atom is 0.332 e. The van der Waals surface area contributed by atoms with Crippen molar-refractivity contribution in [3.63, 3.8) is 0 Å². The first-order chi connectivity index (χ1) is 10.9. The summed E-state index contributed by atoms with van der Waals surface area (Å²) in [6.45, 7) is 2.23. The van der Waals surface area contributed by atoms with E-state index in [-0.39, 0.29) is 17.8 Å². The molecular formula is C16H19N5O2. The van der Waals surface area contributed by atoms with Crippen LogP contribution in [0.15, 0.2) is 33.9 Å². The molecular weight excluding hydrogens is 294 g/mol. The summed E-state index contributed by atoms with van der Waals surface area (Å²) in [4.78, 5) is 29.6. The second-order valence-electron chi connectivity index (χ2n) is 5.64. The van der Waals surface area contributed by atoms with Crippen molar-refractivity contribution in [1.29, 1.82) is 0 Å². The Labute approximate surface area is 132 Å². The van der Waals surface area contributed by atoms with E-state index in [1.807, 2.05) is 31.2 Å². The van der Waals surface area contributed by atoms with Gasteiger partial charge in [0.05, 0.1) is 6.54 Å². The van der Waals surface area contributed by atoms with Gasteiger partial charge in [0, 0.05) is 21.1 Å². The number of hydrogen-bond acceptors (Lipinski definition) is 4. The summed E-state index contributed by atoms with van der Waals surface area (Å²) in [7, 11) is 5.11. The fraction of sp³-hybridized carbons (Fsp3) is 0.312. The minimum atomic E-state index is -0.371. The minimum absolute atomic E-state index is 0.238. The van der Waals surface area contributed by atoms with Gasteiger partial charge >= 0.3 is 5.69 Å². The summed E-state index contributed by atoms with van der Waals surface area (Å²) < 4.78 is 4.32. The fourth-order valence-corrected chi connectivity index (χ4v) is 2.68. The van der Waals surface area contributed by atoms with Crippen LogP contribution in [0.25, 0.3) is 11.2 Å². The van der Waals surface area contributed by atoms with Gasteiger partial charge in [-0.1, -0.05) is 29.8 Å². The van der Waals surface area contributed by atoms with Gasteiger partial charge in [0.1, 0.15) is 0 Å². The van der Waals surface area contributed by atoms with Gasteiger partial charge in [-0.05, 0) is 12.5 Å². The molecule has 2 aromatic heterocycles. The summed E-state index contributed by atoms with van der Waals surface area (Å²) in [5.41, 5.74) is 2.12. The SMILES string of the molecule is CNc1nc2c(c(=O)n(Cc3ccc(C)cc3)c(=O)n2C)n1C. The molecule has 0 fully saturated rings. The minimum Gasteiger partial charge on any atom is -0.359 e. The zero-order valence-electron chi connectivity index (χ0n) is 13.6. The lowest BCUT2D eigenvalue weighted by Gasteiger charge is -2.09. The van der Waals surface area contributed by atoms with Crippen molar-refractivity contribution in [1.82, 2.24) is 18.7 Å². The van der Waals surface area contributed by atoms with Crippen LogP contribution in [0.3, 0.4) is 0 Å². The molecule has 0 saturated heterocycles. The lowest BCUT2D eigenvalue weighted by molar-refractivity contribution is 0.655. The standard InChI is InChI=1S/C16H19N5O2/c1-10-5-7-11(8-6-10)9-21-14(22)12-13(20(4)16(21)23)18-15(17-2)19(12)3/h5-8H,9H2,1-4H3,(H,17,18). The number of aryl methyl sites for hydroxylation is 3. The lowest BCUT2D eigenvalue weighted by Crippen LogP contribution is -2.39. The molecule has 0 saturated carbocycles. The molecule has 0 bridgehead atoms. The number of imidazole rings is 1. The summed E-state index contributed by atoms with van der Waals surface area (Å²) in [6, 6.07) is 7.78. The second kappa shape index (κ2) is 5.42. The van der Waals surface area contributed by atoms with Gasteiger partial charge in [0.25, 0.3) is 5.56 Å². The lowest BCUT2D eigenvalue weighted by atomic mass is 10.1. The Morgan fingerprint density at radius 2 is 1.74 bits per heavy atom. The summed E-state index contributed by atoms with van der Waals surface area (Å²) >= 11 is 0. The quantitative estimate of drug-likeness (QED) is 0.777. The van der Waals surface area contributed by atoms with Crippen molar-refractivity contribution >= 4 is 17.1 Å². The summed E-state index contributed by atoms with van der Waals surface area (Å²) in [6.07, 6.45) is 0. The highest BCUT2D eigenvalue weighted by molar-refractivity contribution is 5.74. The van der Waals surface area contributed by atoms with Crippen LogP contribution in [0.5, 0.6) is 0 Å². The van der Waals surface area contributed by atoms with Crippen molar-refractivity contribution in [2.75, 3.05) is 12.4 Å². The number of nitrogens with zero attached hydrogens (tertiary/aromatic N) is 4. The van der Waals surface area contributed by atoms with E-state index >= 15 is 0 Å². The van der Waals surface area contributed by atoms with E-state index in [1.165, 1.54) is 9.13 Å². The van der Waals surface area contributed by atoms with Crippen LogP contribution in [-0.2, 0) is 20.6 Å². The fourth-order valence-electron chi connectivity index (χ4n) is 2.68. The number of rotatable bonds is 3. The van der Waals surface area contributed by atoms with E-state index in [4.69, 9.17) is 0 Å². The van der Waals surface area contributed by atoms with Crippen molar-refractivity contribution in [2.45, 2.75) is 13.5 Å². The maximum absolute atomic E-state index is 12.8. The van der Waals surface area contributed by atoms with Crippen LogP contribution in [0, 0.1) is 6.92 Å². The monoisotopic (exact) mass is 313 g/mol. The molecule has 0 aliphatic rings. The zero-order chi connectivity index (χ0) is 16.7. The number of fused-ring (bicyclic) bond motifs is 1. The van der Waals surface area contributed by atoms with Gasteiger partial charge in [-0.2, -0.15) is 4.98 Å². The molecule has 7 nitrogen and oxygen atoms in total. The third kappa shape index (κ3) is 2.34. The predicted molar refractivity (Wildman–Crippen MR) is 90.0 cm³/mol. The summed E-state index contributed by atoms with van der Waals surface area (Å²) in [5, 5.41) is 2.92. The molecule has 0 aliphatic carbocycles. The maximum atomic E-state index is 12.8. The molecule has 0 spiro atoms. The van der Waals surface area contributed by atoms with Crippen LogP contribution >= 0.6 is 0 Å². The van der Waals surface area contributed by atoms with E-state index in [1.54, 1.807) is 25.7 Å². The van der Waals surface area contributed by atoms with Crippen molar-refractivity contribution in [3.05, 3.63) is 56.2 Å². The van der Waals surface area contributed by atoms with Crippen molar-refractivity contribution in [2.24, 2.45) is 14.1 Å². The number of nitrogens with one attached hydrogen (secondary N) is 1. The molecule has 7 heteroatoms. The van der Waals surface area contributed by atoms with E-state index in [0.717, 1.165) is 11.1 Å². The Morgan fingerprint density at radius 1 is 1.09 bits per heavy atom. The van der Waals surface area contributed by atoms with Gasteiger partial charge in [0.2, 0.25) is 5.95 Å². The van der Waals surface area contributed by atoms with Crippen LogP contribution in [0.2, 0.25) is 0 Å². The first-order valence-electron chi connectivity index (χ1n) is 7.33. The van der Waals surface area contributed by atoms with E-state index in [0.29, 0.717) is 17.1 Å². The third-order valence-electron chi connectivity index (χ3n) is 4.04. The van der Waals surface area contributed by atoms with E-state index < -0.39 is 0 Å². The average molecular weight is 313 g/mol. The van der Waals surface area contributed by atoms with Gasteiger partial charge in [0.15, 0.2) is 11.2 Å². The van der Waals surface area contributed by atoms with Crippen molar-refractivity contribution in [3.8, 4) is 0 Å². The Balaban J connectivity index is 2.25. The second-order valence-corrected chi connectivity index (χ2v) is 5.64. The van der Waals surface area contributed by atoms with Crippen LogP contribution in [0.1, 0.15) is 11.1 Å². The highest BCUT2D eigenvalue weighted by atomic mass is 16.2. The third-order valence-corrected chi connectivity index (χ3v) is 4.04. The Kier molecular flexibility index (Phi) is 3.55. The van der Waals surface area contributed by atoms with Crippen LogP contribution < -0.4 is 16.6 Å². The predicted octanol–water partition coefficient (Wildman–Crippen LogP) is 0.832. The van der Waals surface area contributed by atoms with Crippen LogP contribution in [-0.4, -0.2) is 25.7 Å². The van der Waals surface area contributed by atoms with Gasteiger partial charge in [-0.3, -0.25) is 13.9 Å². The molecule has 3 aromatic rings. The molecule has 2 heterocycles. The highest BCUT2D eigenvalue weighted by Crippen LogP contribution is 2.12. The smallest absolute Gasteiger partial charge is 0.332 e. The van der Waals surface area contributed by atoms with Gasteiger partial charge in [-0.25, -0.2) is 4.79 Å². The number of benzene rings is 1. The van der Waals surface area contributed by atoms with Crippen LogP contribution in [0.4, 0.5) is 5.95 Å². The first-order valence-corrected chi connectivity index (χ1v) is 7.33. The molecule has 3 rings (SSSR count). The molecule has 0 unspecified atom stereocenters. The molecule has 23 heavy (non-hydrogen) atoms. The molecule has 120 valence electrons. The number of anilines is 1. The highest BCUT2D eigenvalue weighted by Gasteiger charge is 2.17. The normalized spacial score (nSPS) is 11.1. The molecule has 0 radical (unpaired) electrons. The molecule has 0 aliphatic heterocycles. The van der Waals surface area contributed by atoms with Gasteiger partial charge < -0.3 is 9.88 Å². The Bertz CT molecular complexity index is 992. The average Bonchev–Trinajstić information content (AvgIpc) is 2.88. The number of aromatic nitrogens is 4. The molecule has 0 amide bonds. The zero-order valence-corrected chi connectivity index (χ0v) is 13.6. The Hall–Kier alpha value is -2.83. The Morgan fingerprint density at radius 3 is 2.35 bits per heavy atom. The molecule has 0 atom stereocenters. The van der Waals surface area contributed by atoms with Crippen molar-refractivity contribution < 1.29 is 0 Å². The summed E-state index contributed by atoms with van der Waals surface area (Å²) in [5.74, 6) is 0.542. The topological polar surface area (TPSA) is 73.8 Å². The largest absolute Gasteiger partial charge is 0.359 e. The van der Waals surface area contributed by atoms with E-state index in [2.05, 4.69) is 10.3 Å². The van der Waals surface area contributed by atoms with E-state index in [9.17, 15) is 9.59 Å². The first kappa shape index (κ1) is 15.1. The molecule has 1 aromatic carbocycles. The number of hydrogen-bond donors (Lipinski definition) is 1.